The van der Waals surface area contributed by atoms with Crippen molar-refractivity contribution in [3.63, 3.8) is 0 Å². The minimum Gasteiger partial charge on any atom is -0.383 e. The van der Waals surface area contributed by atoms with Crippen LogP contribution in [0.3, 0.4) is 0 Å². The van der Waals surface area contributed by atoms with Gasteiger partial charge in [-0.2, -0.15) is 5.10 Å². The van der Waals surface area contributed by atoms with Gasteiger partial charge in [0, 0.05) is 51.5 Å². The number of rotatable bonds is 8. The van der Waals surface area contributed by atoms with E-state index in [2.05, 4.69) is 20.0 Å². The molecule has 18 heavy (non-hydrogen) atoms. The Bertz CT molecular complexity index is 437. The summed E-state index contributed by atoms with van der Waals surface area (Å²) in [4.78, 5) is 4.28. The van der Waals surface area contributed by atoms with Crippen LogP contribution in [0.1, 0.15) is 6.42 Å². The predicted octanol–water partition coefficient (Wildman–Crippen LogP) is 1.23. The number of methoxy groups -OCH3 is 1. The Hall–Kier alpha value is -1.82. The van der Waals surface area contributed by atoms with E-state index in [-0.39, 0.29) is 0 Å². The Morgan fingerprint density at radius 1 is 1.28 bits per heavy atom. The van der Waals surface area contributed by atoms with Crippen molar-refractivity contribution in [1.29, 1.82) is 0 Å². The number of aryl methyl sites for hydroxylation is 1. The number of ether oxygens (including phenoxy) is 1. The van der Waals surface area contributed by atoms with Crippen LogP contribution in [-0.4, -0.2) is 39.6 Å². The van der Waals surface area contributed by atoms with E-state index in [1.165, 1.54) is 0 Å². The smallest absolute Gasteiger partial charge is 0.202 e. The largest absolute Gasteiger partial charge is 0.383 e. The van der Waals surface area contributed by atoms with Crippen molar-refractivity contribution >= 4 is 5.95 Å². The fourth-order valence-electron chi connectivity index (χ4n) is 1.72. The summed E-state index contributed by atoms with van der Waals surface area (Å²) in [6, 6.07) is 1.94. The van der Waals surface area contributed by atoms with Gasteiger partial charge >= 0.3 is 0 Å². The normalized spacial score (nSPS) is 10.7. The van der Waals surface area contributed by atoms with E-state index in [4.69, 9.17) is 4.74 Å². The molecule has 1 N–H and O–H groups in total. The number of nitrogens with zero attached hydrogens (tertiary/aromatic N) is 4. The average molecular weight is 249 g/mol. The van der Waals surface area contributed by atoms with Gasteiger partial charge in [-0.05, 0) is 12.5 Å². The first-order valence-electron chi connectivity index (χ1n) is 6.11. The zero-order chi connectivity index (χ0) is 12.6. The van der Waals surface area contributed by atoms with Gasteiger partial charge in [-0.3, -0.25) is 4.68 Å². The van der Waals surface area contributed by atoms with Crippen LogP contribution in [0.25, 0.3) is 0 Å². The van der Waals surface area contributed by atoms with Gasteiger partial charge in [0.15, 0.2) is 0 Å². The number of nitrogens with one attached hydrogen (secondary N) is 1. The lowest BCUT2D eigenvalue weighted by Crippen LogP contribution is -2.12. The van der Waals surface area contributed by atoms with E-state index in [1.54, 1.807) is 19.5 Å². The maximum Gasteiger partial charge on any atom is 0.202 e. The zero-order valence-electron chi connectivity index (χ0n) is 10.6. The molecule has 2 rings (SSSR count). The van der Waals surface area contributed by atoms with Gasteiger partial charge in [-0.1, -0.05) is 0 Å². The molecule has 6 nitrogen and oxygen atoms in total. The van der Waals surface area contributed by atoms with Crippen LogP contribution in [0.4, 0.5) is 5.95 Å². The minimum atomic E-state index is 0.693. The summed E-state index contributed by atoms with van der Waals surface area (Å²) in [5, 5.41) is 7.48. The van der Waals surface area contributed by atoms with Gasteiger partial charge in [0.2, 0.25) is 5.95 Å². The molecule has 0 radical (unpaired) electrons. The lowest BCUT2D eigenvalue weighted by atomic mass is 10.4. The number of hydrogen-bond acceptors (Lipinski definition) is 4. The zero-order valence-corrected chi connectivity index (χ0v) is 10.6. The summed E-state index contributed by atoms with van der Waals surface area (Å²) in [6.45, 7) is 3.30. The van der Waals surface area contributed by atoms with Crippen molar-refractivity contribution in [3.8, 4) is 0 Å². The molecule has 0 saturated heterocycles. The molecule has 0 aromatic carbocycles. The fraction of sp³-hybridized carbons (Fsp3) is 0.500. The lowest BCUT2D eigenvalue weighted by Gasteiger charge is -2.09. The first kappa shape index (κ1) is 12.6. The van der Waals surface area contributed by atoms with E-state index < -0.39 is 0 Å². The second-order valence-corrected chi connectivity index (χ2v) is 3.99. The monoisotopic (exact) mass is 249 g/mol. The molecule has 2 heterocycles. The molecule has 98 valence electrons. The third-order valence-corrected chi connectivity index (χ3v) is 2.66. The van der Waals surface area contributed by atoms with E-state index in [9.17, 15) is 0 Å². The van der Waals surface area contributed by atoms with Crippen LogP contribution < -0.4 is 5.32 Å². The highest BCUT2D eigenvalue weighted by molar-refractivity contribution is 5.25. The van der Waals surface area contributed by atoms with Gasteiger partial charge in [-0.25, -0.2) is 4.98 Å². The Morgan fingerprint density at radius 3 is 3.00 bits per heavy atom. The minimum absolute atomic E-state index is 0.693. The topological polar surface area (TPSA) is 56.9 Å². The van der Waals surface area contributed by atoms with Gasteiger partial charge in [0.05, 0.1) is 6.61 Å². The van der Waals surface area contributed by atoms with E-state index in [1.807, 2.05) is 23.1 Å². The van der Waals surface area contributed by atoms with Crippen molar-refractivity contribution in [3.05, 3.63) is 30.9 Å². The average Bonchev–Trinajstić information content (AvgIpc) is 3.03. The van der Waals surface area contributed by atoms with Crippen LogP contribution >= 0.6 is 0 Å². The third kappa shape index (κ3) is 3.59. The number of hydrogen-bond donors (Lipinski definition) is 1. The standard InChI is InChI=1S/C12H19N5O/c1-18-11-10-16-9-6-14-12(16)13-4-2-7-17-8-3-5-15-17/h3,5-6,8-9H,2,4,7,10-11H2,1H3,(H,13,14). The number of anilines is 1. The fourth-order valence-corrected chi connectivity index (χ4v) is 1.72. The van der Waals surface area contributed by atoms with Gasteiger partial charge in [0.1, 0.15) is 0 Å². The van der Waals surface area contributed by atoms with Crippen LogP contribution in [0.15, 0.2) is 30.9 Å². The summed E-state index contributed by atoms with van der Waals surface area (Å²) in [7, 11) is 1.70. The van der Waals surface area contributed by atoms with Crippen LogP contribution in [0, 0.1) is 0 Å². The SMILES string of the molecule is COCCn1ccnc1NCCCn1cccn1. The van der Waals surface area contributed by atoms with Crippen molar-refractivity contribution in [1.82, 2.24) is 19.3 Å². The summed E-state index contributed by atoms with van der Waals surface area (Å²) in [6.07, 6.45) is 8.53. The highest BCUT2D eigenvalue weighted by Gasteiger charge is 2.01. The Balaban J connectivity index is 1.71. The molecule has 0 amide bonds. The first-order valence-corrected chi connectivity index (χ1v) is 6.11. The quantitative estimate of drug-likeness (QED) is 0.715. The molecule has 0 unspecified atom stereocenters. The summed E-state index contributed by atoms with van der Waals surface area (Å²) < 4.78 is 9.04. The second-order valence-electron chi connectivity index (χ2n) is 3.99. The summed E-state index contributed by atoms with van der Waals surface area (Å²) in [5.74, 6) is 0.896. The molecule has 6 heteroatoms. The Labute approximate surface area is 107 Å². The van der Waals surface area contributed by atoms with Crippen molar-refractivity contribution in [2.75, 3.05) is 25.6 Å². The molecular weight excluding hydrogens is 230 g/mol. The van der Waals surface area contributed by atoms with Crippen LogP contribution in [0.2, 0.25) is 0 Å². The Kier molecular flexibility index (Phi) is 4.78. The lowest BCUT2D eigenvalue weighted by molar-refractivity contribution is 0.187. The highest BCUT2D eigenvalue weighted by Crippen LogP contribution is 2.04. The molecule has 0 atom stereocenters. The van der Waals surface area contributed by atoms with Gasteiger partial charge in [0.25, 0.3) is 0 Å². The van der Waals surface area contributed by atoms with Gasteiger partial charge < -0.3 is 14.6 Å². The predicted molar refractivity (Wildman–Crippen MR) is 69.4 cm³/mol. The molecular formula is C12H19N5O. The molecule has 0 bridgehead atoms. The summed E-state index contributed by atoms with van der Waals surface area (Å²) >= 11 is 0. The van der Waals surface area contributed by atoms with Crippen molar-refractivity contribution in [2.45, 2.75) is 19.5 Å². The van der Waals surface area contributed by atoms with Crippen LogP contribution in [-0.2, 0) is 17.8 Å². The molecule has 0 saturated carbocycles. The maximum absolute atomic E-state index is 5.06. The molecule has 0 aliphatic heterocycles. The molecule has 2 aromatic heterocycles. The highest BCUT2D eigenvalue weighted by atomic mass is 16.5. The first-order chi connectivity index (χ1) is 8.90. The molecule has 0 spiro atoms. The van der Waals surface area contributed by atoms with Crippen molar-refractivity contribution in [2.24, 2.45) is 0 Å². The van der Waals surface area contributed by atoms with Crippen molar-refractivity contribution < 1.29 is 4.74 Å². The molecule has 2 aromatic rings. The second kappa shape index (κ2) is 6.80. The summed E-state index contributed by atoms with van der Waals surface area (Å²) in [5.41, 5.74) is 0. The van der Waals surface area contributed by atoms with E-state index in [0.29, 0.717) is 6.61 Å². The molecule has 0 aliphatic rings. The van der Waals surface area contributed by atoms with Gasteiger partial charge in [-0.15, -0.1) is 0 Å². The molecule has 0 fully saturated rings. The third-order valence-electron chi connectivity index (χ3n) is 2.66. The molecule has 0 aliphatic carbocycles. The van der Waals surface area contributed by atoms with Crippen LogP contribution in [0.5, 0.6) is 0 Å². The number of imidazole rings is 1. The number of aromatic nitrogens is 4. The van der Waals surface area contributed by atoms with E-state index >= 15 is 0 Å². The van der Waals surface area contributed by atoms with E-state index in [0.717, 1.165) is 32.0 Å². The maximum atomic E-state index is 5.06. The Morgan fingerprint density at radius 2 is 2.22 bits per heavy atom.